The summed E-state index contributed by atoms with van der Waals surface area (Å²) in [5, 5.41) is 9.73. The standard InChI is InChI=1S/C22H20N6O/c1-14-7-8-19(15(2)9-14)29-12-16-5-4-6-17(10-16)20-25-22-18-11-24-27(3)21(18)23-13-28(22)26-20/h4-11,13H,12H2,1-3H3. The Bertz CT molecular complexity index is 1350. The molecule has 0 aliphatic heterocycles. The number of ether oxygens (including phenoxy) is 1. The Morgan fingerprint density at radius 2 is 1.93 bits per heavy atom. The molecule has 0 bridgehead atoms. The molecule has 0 amide bonds. The fourth-order valence-corrected chi connectivity index (χ4v) is 3.48. The highest BCUT2D eigenvalue weighted by molar-refractivity contribution is 5.89. The summed E-state index contributed by atoms with van der Waals surface area (Å²) >= 11 is 0. The highest BCUT2D eigenvalue weighted by Gasteiger charge is 2.13. The summed E-state index contributed by atoms with van der Waals surface area (Å²) in [6, 6.07) is 14.3. The zero-order valence-electron chi connectivity index (χ0n) is 16.5. The molecule has 0 fully saturated rings. The van der Waals surface area contributed by atoms with E-state index in [1.54, 1.807) is 21.7 Å². The molecule has 0 saturated heterocycles. The van der Waals surface area contributed by atoms with E-state index >= 15 is 0 Å². The second-order valence-corrected chi connectivity index (χ2v) is 7.21. The third-order valence-electron chi connectivity index (χ3n) is 4.98. The van der Waals surface area contributed by atoms with E-state index in [0.29, 0.717) is 12.4 Å². The fourth-order valence-electron chi connectivity index (χ4n) is 3.48. The van der Waals surface area contributed by atoms with Gasteiger partial charge in [-0.2, -0.15) is 5.10 Å². The fraction of sp³-hybridized carbons (Fsp3) is 0.182. The van der Waals surface area contributed by atoms with Crippen molar-refractivity contribution in [2.45, 2.75) is 20.5 Å². The van der Waals surface area contributed by atoms with Gasteiger partial charge in [0, 0.05) is 12.6 Å². The van der Waals surface area contributed by atoms with Gasteiger partial charge in [0.05, 0.1) is 11.6 Å². The Hall–Kier alpha value is -3.74. The van der Waals surface area contributed by atoms with Crippen LogP contribution in [0.1, 0.15) is 16.7 Å². The normalized spacial score (nSPS) is 11.4. The van der Waals surface area contributed by atoms with Gasteiger partial charge in [-0.15, -0.1) is 5.10 Å². The van der Waals surface area contributed by atoms with Gasteiger partial charge in [-0.1, -0.05) is 35.9 Å². The number of rotatable bonds is 4. The predicted octanol–water partition coefficient (Wildman–Crippen LogP) is 3.87. The van der Waals surface area contributed by atoms with Crippen LogP contribution in [0.4, 0.5) is 0 Å². The highest BCUT2D eigenvalue weighted by atomic mass is 16.5. The van der Waals surface area contributed by atoms with Gasteiger partial charge in [0.15, 0.2) is 17.1 Å². The van der Waals surface area contributed by atoms with Crippen molar-refractivity contribution in [3.63, 3.8) is 0 Å². The van der Waals surface area contributed by atoms with Crippen LogP contribution >= 0.6 is 0 Å². The molecule has 2 aromatic carbocycles. The maximum atomic E-state index is 6.02. The van der Waals surface area contributed by atoms with Crippen LogP contribution in [-0.4, -0.2) is 29.4 Å². The lowest BCUT2D eigenvalue weighted by Gasteiger charge is -2.10. The van der Waals surface area contributed by atoms with Crippen molar-refractivity contribution in [2.24, 2.45) is 7.05 Å². The molecule has 0 aliphatic carbocycles. The van der Waals surface area contributed by atoms with Crippen molar-refractivity contribution in [3.05, 3.63) is 71.7 Å². The van der Waals surface area contributed by atoms with Crippen LogP contribution in [0.15, 0.2) is 55.0 Å². The van der Waals surface area contributed by atoms with Crippen molar-refractivity contribution in [1.29, 1.82) is 0 Å². The number of aromatic nitrogens is 6. The molecule has 144 valence electrons. The number of aryl methyl sites for hydroxylation is 3. The van der Waals surface area contributed by atoms with Gasteiger partial charge >= 0.3 is 0 Å². The van der Waals surface area contributed by atoms with E-state index in [0.717, 1.165) is 39.1 Å². The van der Waals surface area contributed by atoms with Crippen LogP contribution in [0.2, 0.25) is 0 Å². The third-order valence-corrected chi connectivity index (χ3v) is 4.98. The monoisotopic (exact) mass is 384 g/mol. The average Bonchev–Trinajstić information content (AvgIpc) is 3.31. The molecule has 5 rings (SSSR count). The maximum absolute atomic E-state index is 6.02. The Labute approximate surface area is 167 Å². The van der Waals surface area contributed by atoms with Gasteiger partial charge in [-0.3, -0.25) is 4.68 Å². The van der Waals surface area contributed by atoms with Gasteiger partial charge in [0.25, 0.3) is 0 Å². The summed E-state index contributed by atoms with van der Waals surface area (Å²) in [5.74, 6) is 1.55. The molecule has 3 heterocycles. The Morgan fingerprint density at radius 3 is 2.79 bits per heavy atom. The van der Waals surface area contributed by atoms with Gasteiger partial charge < -0.3 is 4.74 Å². The molecule has 7 nitrogen and oxygen atoms in total. The topological polar surface area (TPSA) is 70.1 Å². The van der Waals surface area contributed by atoms with Crippen LogP contribution in [-0.2, 0) is 13.7 Å². The first-order chi connectivity index (χ1) is 14.1. The van der Waals surface area contributed by atoms with E-state index in [9.17, 15) is 0 Å². The van der Waals surface area contributed by atoms with E-state index in [-0.39, 0.29) is 0 Å². The van der Waals surface area contributed by atoms with Crippen LogP contribution in [0.5, 0.6) is 5.75 Å². The van der Waals surface area contributed by atoms with Gasteiger partial charge in [-0.05, 0) is 37.1 Å². The minimum Gasteiger partial charge on any atom is -0.489 e. The molecular weight excluding hydrogens is 364 g/mol. The molecule has 0 unspecified atom stereocenters. The molecule has 7 heteroatoms. The number of fused-ring (bicyclic) bond motifs is 3. The lowest BCUT2D eigenvalue weighted by molar-refractivity contribution is 0.304. The molecular formula is C22H20N6O. The first-order valence-electron chi connectivity index (χ1n) is 9.41. The predicted molar refractivity (Wildman–Crippen MR) is 111 cm³/mol. The van der Waals surface area contributed by atoms with Crippen molar-refractivity contribution in [3.8, 4) is 17.1 Å². The van der Waals surface area contributed by atoms with Gasteiger partial charge in [0.2, 0.25) is 0 Å². The molecule has 0 radical (unpaired) electrons. The summed E-state index contributed by atoms with van der Waals surface area (Å²) in [6.07, 6.45) is 3.44. The quantitative estimate of drug-likeness (QED) is 0.470. The molecule has 5 aromatic rings. The van der Waals surface area contributed by atoms with Crippen LogP contribution in [0.3, 0.4) is 0 Å². The van der Waals surface area contributed by atoms with Gasteiger partial charge in [-0.25, -0.2) is 14.5 Å². The number of hydrogen-bond donors (Lipinski definition) is 0. The largest absolute Gasteiger partial charge is 0.489 e. The number of hydrogen-bond acceptors (Lipinski definition) is 5. The third kappa shape index (κ3) is 3.10. The summed E-state index contributed by atoms with van der Waals surface area (Å²) < 4.78 is 9.44. The molecule has 0 atom stereocenters. The zero-order valence-corrected chi connectivity index (χ0v) is 16.5. The lowest BCUT2D eigenvalue weighted by atomic mass is 10.1. The summed E-state index contributed by atoms with van der Waals surface area (Å²) in [6.45, 7) is 4.63. The number of nitrogens with zero attached hydrogens (tertiary/aromatic N) is 6. The van der Waals surface area contributed by atoms with E-state index in [1.807, 2.05) is 31.3 Å². The molecule has 0 spiro atoms. The Balaban J connectivity index is 1.45. The molecule has 0 saturated carbocycles. The Morgan fingerprint density at radius 1 is 1.03 bits per heavy atom. The Kier molecular flexibility index (Phi) is 4.01. The van der Waals surface area contributed by atoms with Crippen LogP contribution in [0, 0.1) is 13.8 Å². The maximum Gasteiger partial charge on any atom is 0.182 e. The average molecular weight is 384 g/mol. The molecule has 29 heavy (non-hydrogen) atoms. The van der Waals surface area contributed by atoms with Gasteiger partial charge in [0.1, 0.15) is 18.7 Å². The summed E-state index contributed by atoms with van der Waals surface area (Å²) in [5.41, 5.74) is 5.89. The van der Waals surface area contributed by atoms with Crippen molar-refractivity contribution in [2.75, 3.05) is 0 Å². The summed E-state index contributed by atoms with van der Waals surface area (Å²) in [7, 11) is 1.86. The minimum absolute atomic E-state index is 0.486. The first kappa shape index (κ1) is 17.4. The summed E-state index contributed by atoms with van der Waals surface area (Å²) in [4.78, 5) is 9.14. The van der Waals surface area contributed by atoms with Crippen molar-refractivity contribution >= 4 is 16.7 Å². The number of benzene rings is 2. The molecule has 0 aliphatic rings. The lowest BCUT2D eigenvalue weighted by Crippen LogP contribution is -1.98. The van der Waals surface area contributed by atoms with E-state index < -0.39 is 0 Å². The van der Waals surface area contributed by atoms with E-state index in [1.165, 1.54) is 5.56 Å². The second-order valence-electron chi connectivity index (χ2n) is 7.21. The van der Waals surface area contributed by atoms with Crippen LogP contribution in [0.25, 0.3) is 28.1 Å². The highest BCUT2D eigenvalue weighted by Crippen LogP contribution is 2.23. The van der Waals surface area contributed by atoms with Crippen LogP contribution < -0.4 is 4.74 Å². The van der Waals surface area contributed by atoms with Crippen molar-refractivity contribution in [1.82, 2.24) is 29.4 Å². The SMILES string of the molecule is Cc1ccc(OCc2cccc(-c3nc4c5cnn(C)c5ncn4n3)c2)c(C)c1. The van der Waals surface area contributed by atoms with Crippen molar-refractivity contribution < 1.29 is 4.74 Å². The second kappa shape index (κ2) is 6.70. The molecule has 3 aromatic heterocycles. The first-order valence-corrected chi connectivity index (χ1v) is 9.41. The van der Waals surface area contributed by atoms with E-state index in [2.05, 4.69) is 47.2 Å². The molecule has 0 N–H and O–H groups in total. The smallest absolute Gasteiger partial charge is 0.182 e. The van der Waals surface area contributed by atoms with E-state index in [4.69, 9.17) is 9.72 Å². The zero-order chi connectivity index (χ0) is 20.0. The minimum atomic E-state index is 0.486.